The molecule has 3 rings (SSSR count). The molecule has 0 N–H and O–H groups in total. The van der Waals surface area contributed by atoms with E-state index in [4.69, 9.17) is 0 Å². The molecule has 2 heteroatoms. The first-order valence-electron chi connectivity index (χ1n) is 5.80. The van der Waals surface area contributed by atoms with Crippen LogP contribution in [0.1, 0.15) is 16.7 Å². The van der Waals surface area contributed by atoms with Gasteiger partial charge < -0.3 is 0 Å². The van der Waals surface area contributed by atoms with Crippen LogP contribution in [-0.4, -0.2) is 23.2 Å². The fraction of sp³-hybridized carbons (Fsp3) is 0.200. The summed E-state index contributed by atoms with van der Waals surface area (Å²) in [6.07, 6.45) is 0. The first-order valence-corrected chi connectivity index (χ1v) is 10.4. The summed E-state index contributed by atoms with van der Waals surface area (Å²) in [5, 5.41) is 0. The Morgan fingerprint density at radius 1 is 0.941 bits per heavy atom. The average molecular weight is 435 g/mol. The van der Waals surface area contributed by atoms with E-state index in [0.717, 1.165) is 0 Å². The predicted molar refractivity (Wildman–Crippen MR) is 77.6 cm³/mol. The second-order valence-corrected chi connectivity index (χ2v) is 9.78. The molecule has 0 amide bonds. The summed E-state index contributed by atoms with van der Waals surface area (Å²) in [7, 11) is 0. The molecule has 1 aliphatic heterocycles. The number of benzene rings is 2. The fourth-order valence-corrected chi connectivity index (χ4v) is 8.89. The third-order valence-corrected chi connectivity index (χ3v) is 10.1. The van der Waals surface area contributed by atoms with Gasteiger partial charge in [-0.2, -0.15) is 0 Å². The summed E-state index contributed by atoms with van der Waals surface area (Å²) in [4.78, 5) is 0. The SMILES string of the molecule is Cc1cccc2[c]1[Bi+][c]1ccccc1CSC2. The van der Waals surface area contributed by atoms with Crippen LogP contribution in [0.5, 0.6) is 0 Å². The Hall–Kier alpha value is -0.327. The molecule has 0 fully saturated rings. The summed E-state index contributed by atoms with van der Waals surface area (Å²) in [6, 6.07) is 15.9. The van der Waals surface area contributed by atoms with Crippen LogP contribution < -0.4 is 6.54 Å². The van der Waals surface area contributed by atoms with Gasteiger partial charge in [0.25, 0.3) is 0 Å². The van der Waals surface area contributed by atoms with Gasteiger partial charge in [-0.25, -0.2) is 0 Å². The van der Waals surface area contributed by atoms with Crippen molar-refractivity contribution in [1.29, 1.82) is 0 Å². The number of thioether (sulfide) groups is 1. The second-order valence-electron chi connectivity index (χ2n) is 4.32. The van der Waals surface area contributed by atoms with Crippen molar-refractivity contribution in [2.45, 2.75) is 18.4 Å². The predicted octanol–water partition coefficient (Wildman–Crippen LogP) is 2.40. The molecule has 0 saturated heterocycles. The van der Waals surface area contributed by atoms with Gasteiger partial charge >= 0.3 is 119 Å². The molecule has 2 aromatic rings. The summed E-state index contributed by atoms with van der Waals surface area (Å²) in [6.45, 7) is 2.28. The first kappa shape index (κ1) is 11.7. The number of aryl methyl sites for hydroxylation is 1. The molecule has 0 unspecified atom stereocenters. The van der Waals surface area contributed by atoms with Gasteiger partial charge in [0, 0.05) is 0 Å². The van der Waals surface area contributed by atoms with E-state index in [1.807, 2.05) is 0 Å². The summed E-state index contributed by atoms with van der Waals surface area (Å²) in [5.41, 5.74) is 4.70. The molecule has 84 valence electrons. The van der Waals surface area contributed by atoms with Crippen LogP contribution in [0.4, 0.5) is 0 Å². The zero-order valence-electron chi connectivity index (χ0n) is 9.81. The molecular formula is C15H14BiS+. The third-order valence-electron chi connectivity index (χ3n) is 3.06. The van der Waals surface area contributed by atoms with Crippen LogP contribution in [0.25, 0.3) is 0 Å². The van der Waals surface area contributed by atoms with Gasteiger partial charge in [0.15, 0.2) is 0 Å². The molecule has 2 radical (unpaired) electrons. The van der Waals surface area contributed by atoms with Gasteiger partial charge in [-0.15, -0.1) is 0 Å². The average Bonchev–Trinajstić information content (AvgIpc) is 2.31. The topological polar surface area (TPSA) is 0 Å². The Balaban J connectivity index is 2.11. The van der Waals surface area contributed by atoms with E-state index in [-0.39, 0.29) is 0 Å². The van der Waals surface area contributed by atoms with Crippen LogP contribution in [0.2, 0.25) is 0 Å². The van der Waals surface area contributed by atoms with Gasteiger partial charge in [-0.1, -0.05) is 0 Å². The van der Waals surface area contributed by atoms with Gasteiger partial charge in [0.05, 0.1) is 0 Å². The molecule has 0 saturated carbocycles. The van der Waals surface area contributed by atoms with Crippen molar-refractivity contribution in [2.75, 3.05) is 0 Å². The molecule has 1 aliphatic rings. The Morgan fingerprint density at radius 3 is 2.65 bits per heavy atom. The molecule has 2 aromatic carbocycles. The zero-order chi connectivity index (χ0) is 11.7. The molecule has 0 spiro atoms. The summed E-state index contributed by atoms with van der Waals surface area (Å²) < 4.78 is 3.39. The molecule has 0 atom stereocenters. The van der Waals surface area contributed by atoms with Crippen LogP contribution in [0.15, 0.2) is 42.5 Å². The fourth-order valence-electron chi connectivity index (χ4n) is 2.13. The Labute approximate surface area is 118 Å². The van der Waals surface area contributed by atoms with E-state index < -0.39 is 23.2 Å². The molecule has 0 nitrogen and oxygen atoms in total. The van der Waals surface area contributed by atoms with Crippen LogP contribution >= 0.6 is 11.8 Å². The third kappa shape index (κ3) is 2.44. The van der Waals surface area contributed by atoms with E-state index in [2.05, 4.69) is 61.2 Å². The van der Waals surface area contributed by atoms with Gasteiger partial charge in [0.1, 0.15) is 0 Å². The quantitative estimate of drug-likeness (QED) is 0.573. The number of hydrogen-bond donors (Lipinski definition) is 0. The molecule has 0 aromatic heterocycles. The Kier molecular flexibility index (Phi) is 3.54. The maximum absolute atomic E-state index is 2.36. The summed E-state index contributed by atoms with van der Waals surface area (Å²) in [5.74, 6) is 2.38. The zero-order valence-corrected chi connectivity index (χ0v) is 14.1. The number of rotatable bonds is 0. The summed E-state index contributed by atoms with van der Waals surface area (Å²) >= 11 is 1.34. The second kappa shape index (κ2) is 5.12. The minimum absolute atomic E-state index is 0.711. The standard InChI is InChI=1S/C15H14S.Bi/c1-13-6-5-9-15(10-13)12-16-11-14-7-3-2-4-8-14;/h2-7,9H,11-12H2,1H3;/q;+1. The number of hydrogen-bond acceptors (Lipinski definition) is 1. The van der Waals surface area contributed by atoms with Crippen LogP contribution in [0, 0.1) is 6.92 Å². The number of fused-ring (bicyclic) bond motifs is 2. The van der Waals surface area contributed by atoms with Crippen molar-refractivity contribution in [1.82, 2.24) is 0 Å². The van der Waals surface area contributed by atoms with E-state index in [0.29, 0.717) is 0 Å². The van der Waals surface area contributed by atoms with Gasteiger partial charge in [-0.3, -0.25) is 0 Å². The minimum atomic E-state index is -0.711. The first-order chi connectivity index (χ1) is 8.34. The van der Waals surface area contributed by atoms with Crippen LogP contribution in [-0.2, 0) is 11.5 Å². The Morgan fingerprint density at radius 2 is 1.71 bits per heavy atom. The van der Waals surface area contributed by atoms with E-state index in [9.17, 15) is 0 Å². The van der Waals surface area contributed by atoms with Gasteiger partial charge in [-0.05, 0) is 0 Å². The van der Waals surface area contributed by atoms with Gasteiger partial charge in [0.2, 0.25) is 0 Å². The van der Waals surface area contributed by atoms with E-state index >= 15 is 0 Å². The normalized spacial score (nSPS) is 14.4. The van der Waals surface area contributed by atoms with Crippen molar-refractivity contribution in [3.8, 4) is 0 Å². The molecule has 1 heterocycles. The van der Waals surface area contributed by atoms with Crippen LogP contribution in [0.3, 0.4) is 0 Å². The van der Waals surface area contributed by atoms with E-state index in [1.165, 1.54) is 17.1 Å². The maximum atomic E-state index is 2.36. The molecule has 17 heavy (non-hydrogen) atoms. The Bertz CT molecular complexity index is 548. The molecule has 0 aliphatic carbocycles. The molecule has 0 bridgehead atoms. The molecular weight excluding hydrogens is 421 g/mol. The van der Waals surface area contributed by atoms with Crippen molar-refractivity contribution < 1.29 is 0 Å². The van der Waals surface area contributed by atoms with Crippen molar-refractivity contribution in [3.63, 3.8) is 0 Å². The van der Waals surface area contributed by atoms with Crippen molar-refractivity contribution >= 4 is 41.5 Å². The van der Waals surface area contributed by atoms with Crippen molar-refractivity contribution in [2.24, 2.45) is 0 Å². The monoisotopic (exact) mass is 435 g/mol. The van der Waals surface area contributed by atoms with E-state index in [1.54, 1.807) is 17.7 Å². The van der Waals surface area contributed by atoms with Crippen molar-refractivity contribution in [3.05, 3.63) is 59.2 Å².